The van der Waals surface area contributed by atoms with Gasteiger partial charge >= 0.3 is 5.97 Å². The van der Waals surface area contributed by atoms with E-state index in [9.17, 15) is 9.59 Å². The molecule has 1 unspecified atom stereocenters. The molecular weight excluding hydrogens is 312 g/mol. The zero-order valence-electron chi connectivity index (χ0n) is 14.1. The summed E-state index contributed by atoms with van der Waals surface area (Å²) in [5.41, 5.74) is 1.65. The number of likely N-dealkylation sites (tertiary alicyclic amines) is 1. The largest absolute Gasteiger partial charge is 0.477 e. The van der Waals surface area contributed by atoms with Crippen LogP contribution < -0.4 is 0 Å². The number of thiazole rings is 1. The normalized spacial score (nSPS) is 19.3. The molecule has 1 fully saturated rings. The molecule has 2 heterocycles. The van der Waals surface area contributed by atoms with Gasteiger partial charge < -0.3 is 10.0 Å². The third kappa shape index (κ3) is 4.19. The molecule has 1 aliphatic rings. The number of rotatable bonds is 4. The lowest BCUT2D eigenvalue weighted by Gasteiger charge is -2.31. The number of amides is 1. The summed E-state index contributed by atoms with van der Waals surface area (Å²) in [5.74, 6) is -0.380. The van der Waals surface area contributed by atoms with Gasteiger partial charge in [0.05, 0.1) is 10.7 Å². The summed E-state index contributed by atoms with van der Waals surface area (Å²) in [5, 5.41) is 10.0. The van der Waals surface area contributed by atoms with Gasteiger partial charge in [-0.05, 0) is 32.6 Å². The maximum absolute atomic E-state index is 12.4. The van der Waals surface area contributed by atoms with Gasteiger partial charge in [-0.2, -0.15) is 0 Å². The number of allylic oxidation sites excluding steroid dienone is 1. The van der Waals surface area contributed by atoms with Crippen molar-refractivity contribution < 1.29 is 14.7 Å². The van der Waals surface area contributed by atoms with E-state index in [0.717, 1.165) is 30.0 Å². The predicted octanol–water partition coefficient (Wildman–Crippen LogP) is 3.46. The topological polar surface area (TPSA) is 70.5 Å². The Morgan fingerprint density at radius 2 is 2.13 bits per heavy atom. The zero-order valence-corrected chi connectivity index (χ0v) is 14.9. The Hall–Kier alpha value is -1.69. The van der Waals surface area contributed by atoms with Crippen LogP contribution in [-0.4, -0.2) is 40.0 Å². The van der Waals surface area contributed by atoms with E-state index in [0.29, 0.717) is 23.0 Å². The van der Waals surface area contributed by atoms with Crippen LogP contribution in [0, 0.1) is 12.8 Å². The van der Waals surface area contributed by atoms with Crippen molar-refractivity contribution in [2.75, 3.05) is 13.1 Å². The van der Waals surface area contributed by atoms with E-state index >= 15 is 0 Å². The Morgan fingerprint density at radius 3 is 2.70 bits per heavy atom. The molecule has 0 radical (unpaired) electrons. The van der Waals surface area contributed by atoms with Crippen LogP contribution in [0.2, 0.25) is 0 Å². The van der Waals surface area contributed by atoms with Gasteiger partial charge in [-0.3, -0.25) is 4.79 Å². The van der Waals surface area contributed by atoms with Crippen molar-refractivity contribution in [3.8, 4) is 0 Å². The lowest BCUT2D eigenvalue weighted by Crippen LogP contribution is -2.38. The summed E-state index contributed by atoms with van der Waals surface area (Å²) in [7, 11) is 0. The third-order valence-corrected chi connectivity index (χ3v) is 5.66. The standard InChI is InChI=1S/C17H24N2O3S/c1-10(2)11(3)8-14(20)19-7-5-6-13(9-19)16-18-12(4)15(23-16)17(21)22/h8,10,13H,5-7,9H2,1-4H3,(H,21,22)/b11-8+. The molecule has 1 aromatic rings. The highest BCUT2D eigenvalue weighted by molar-refractivity contribution is 7.13. The van der Waals surface area contributed by atoms with E-state index < -0.39 is 5.97 Å². The molecule has 1 atom stereocenters. The van der Waals surface area contributed by atoms with Gasteiger partial charge in [0.15, 0.2) is 0 Å². The van der Waals surface area contributed by atoms with Crippen LogP contribution in [0.25, 0.3) is 0 Å². The van der Waals surface area contributed by atoms with Gasteiger partial charge in [0.25, 0.3) is 0 Å². The van der Waals surface area contributed by atoms with Crippen LogP contribution in [0.15, 0.2) is 11.6 Å². The average molecular weight is 336 g/mol. The first-order chi connectivity index (χ1) is 10.8. The Bertz CT molecular complexity index is 634. The molecular formula is C17H24N2O3S. The molecule has 0 bridgehead atoms. The quantitative estimate of drug-likeness (QED) is 0.855. The highest BCUT2D eigenvalue weighted by Gasteiger charge is 2.27. The number of aromatic nitrogens is 1. The number of carboxylic acids is 1. The third-order valence-electron chi connectivity index (χ3n) is 4.35. The van der Waals surface area contributed by atoms with E-state index in [1.165, 1.54) is 11.3 Å². The number of aryl methyl sites for hydroxylation is 1. The molecule has 126 valence electrons. The predicted molar refractivity (Wildman–Crippen MR) is 91.0 cm³/mol. The molecule has 1 amide bonds. The van der Waals surface area contributed by atoms with Gasteiger partial charge in [-0.25, -0.2) is 9.78 Å². The van der Waals surface area contributed by atoms with Crippen molar-refractivity contribution in [3.63, 3.8) is 0 Å². The molecule has 1 saturated heterocycles. The van der Waals surface area contributed by atoms with Gasteiger partial charge in [-0.1, -0.05) is 19.4 Å². The van der Waals surface area contributed by atoms with Gasteiger partial charge in [0, 0.05) is 25.1 Å². The maximum atomic E-state index is 12.4. The Balaban J connectivity index is 2.12. The second kappa shape index (κ2) is 7.25. The molecule has 0 aliphatic carbocycles. The van der Waals surface area contributed by atoms with E-state index in [1.807, 2.05) is 11.8 Å². The second-order valence-corrected chi connectivity index (χ2v) is 7.47. The number of aromatic carboxylic acids is 1. The van der Waals surface area contributed by atoms with Gasteiger partial charge in [-0.15, -0.1) is 11.3 Å². The minimum absolute atomic E-state index is 0.0487. The molecule has 1 N–H and O–H groups in total. The summed E-state index contributed by atoms with van der Waals surface area (Å²) in [6.45, 7) is 9.23. The summed E-state index contributed by atoms with van der Waals surface area (Å²) in [6, 6.07) is 0. The van der Waals surface area contributed by atoms with Crippen molar-refractivity contribution in [2.45, 2.75) is 46.5 Å². The zero-order chi connectivity index (χ0) is 17.1. The highest BCUT2D eigenvalue weighted by Crippen LogP contribution is 2.31. The van der Waals surface area contributed by atoms with E-state index in [2.05, 4.69) is 18.8 Å². The second-order valence-electron chi connectivity index (χ2n) is 6.44. The first kappa shape index (κ1) is 17.7. The summed E-state index contributed by atoms with van der Waals surface area (Å²) in [4.78, 5) is 30.2. The van der Waals surface area contributed by atoms with Crippen LogP contribution in [0.1, 0.15) is 59.9 Å². The van der Waals surface area contributed by atoms with Crippen LogP contribution in [0.5, 0.6) is 0 Å². The molecule has 5 nitrogen and oxygen atoms in total. The first-order valence-corrected chi connectivity index (χ1v) is 8.79. The molecule has 0 spiro atoms. The number of hydrogen-bond donors (Lipinski definition) is 1. The van der Waals surface area contributed by atoms with Crippen LogP contribution >= 0.6 is 11.3 Å². The molecule has 0 aromatic carbocycles. The van der Waals surface area contributed by atoms with Gasteiger partial charge in [0.2, 0.25) is 5.91 Å². The summed E-state index contributed by atoms with van der Waals surface area (Å²) < 4.78 is 0. The molecule has 2 rings (SSSR count). The number of carbonyl (C=O) groups is 2. The van der Waals surface area contributed by atoms with Crippen LogP contribution in [-0.2, 0) is 4.79 Å². The average Bonchev–Trinajstić information content (AvgIpc) is 2.89. The van der Waals surface area contributed by atoms with E-state index in [-0.39, 0.29) is 11.8 Å². The van der Waals surface area contributed by atoms with Crippen molar-refractivity contribution in [1.82, 2.24) is 9.88 Å². The molecule has 6 heteroatoms. The van der Waals surface area contributed by atoms with Crippen molar-refractivity contribution in [3.05, 3.63) is 27.2 Å². The van der Waals surface area contributed by atoms with E-state index in [1.54, 1.807) is 13.0 Å². The Labute approximate surface area is 141 Å². The molecule has 1 aliphatic heterocycles. The number of piperidine rings is 1. The SMILES string of the molecule is C/C(=C\C(=O)N1CCCC(c2nc(C)c(C(=O)O)s2)C1)C(C)C. The lowest BCUT2D eigenvalue weighted by molar-refractivity contribution is -0.127. The smallest absolute Gasteiger partial charge is 0.347 e. The molecule has 23 heavy (non-hydrogen) atoms. The number of nitrogens with zero attached hydrogens (tertiary/aromatic N) is 2. The summed E-state index contributed by atoms with van der Waals surface area (Å²) >= 11 is 1.24. The number of carboxylic acid groups (broad SMARTS) is 1. The Morgan fingerprint density at radius 1 is 1.43 bits per heavy atom. The minimum atomic E-state index is -0.925. The number of carbonyl (C=O) groups excluding carboxylic acids is 1. The minimum Gasteiger partial charge on any atom is -0.477 e. The van der Waals surface area contributed by atoms with Crippen molar-refractivity contribution in [2.24, 2.45) is 5.92 Å². The fourth-order valence-electron chi connectivity index (χ4n) is 2.62. The molecule has 1 aromatic heterocycles. The first-order valence-electron chi connectivity index (χ1n) is 7.97. The summed E-state index contributed by atoms with van der Waals surface area (Å²) in [6.07, 6.45) is 3.59. The maximum Gasteiger partial charge on any atom is 0.347 e. The lowest BCUT2D eigenvalue weighted by atomic mass is 9.98. The highest BCUT2D eigenvalue weighted by atomic mass is 32.1. The fraction of sp³-hybridized carbons (Fsp3) is 0.588. The molecule has 0 saturated carbocycles. The Kier molecular flexibility index (Phi) is 5.57. The number of hydrogen-bond acceptors (Lipinski definition) is 4. The van der Waals surface area contributed by atoms with Crippen LogP contribution in [0.4, 0.5) is 0 Å². The van der Waals surface area contributed by atoms with Crippen LogP contribution in [0.3, 0.4) is 0 Å². The monoisotopic (exact) mass is 336 g/mol. The van der Waals surface area contributed by atoms with Crippen molar-refractivity contribution in [1.29, 1.82) is 0 Å². The van der Waals surface area contributed by atoms with Gasteiger partial charge in [0.1, 0.15) is 4.88 Å². The van der Waals surface area contributed by atoms with E-state index in [4.69, 9.17) is 5.11 Å². The van der Waals surface area contributed by atoms with Crippen molar-refractivity contribution >= 4 is 23.2 Å². The fourth-order valence-corrected chi connectivity index (χ4v) is 3.65.